The fourth-order valence-corrected chi connectivity index (χ4v) is 6.35. The van der Waals surface area contributed by atoms with Crippen LogP contribution < -0.4 is 10.6 Å². The Kier molecular flexibility index (Phi) is 4.34. The summed E-state index contributed by atoms with van der Waals surface area (Å²) >= 11 is 0. The van der Waals surface area contributed by atoms with Crippen LogP contribution in [0.2, 0.25) is 0 Å². The third kappa shape index (κ3) is 3.13. The van der Waals surface area contributed by atoms with E-state index in [1.54, 1.807) is 12.1 Å². The molecule has 1 amide bonds. The molecule has 3 aromatic carbocycles. The molecule has 5 atom stereocenters. The van der Waals surface area contributed by atoms with Crippen molar-refractivity contribution in [2.24, 2.45) is 17.8 Å². The Labute approximate surface area is 181 Å². The van der Waals surface area contributed by atoms with Crippen LogP contribution >= 0.6 is 0 Å². The van der Waals surface area contributed by atoms with Crippen LogP contribution in [0.25, 0.3) is 0 Å². The van der Waals surface area contributed by atoms with Gasteiger partial charge in [-0.2, -0.15) is 0 Å². The average molecular weight is 413 g/mol. The van der Waals surface area contributed by atoms with Gasteiger partial charge in [-0.05, 0) is 96.5 Å². The van der Waals surface area contributed by atoms with E-state index in [0.29, 0.717) is 35.0 Å². The van der Waals surface area contributed by atoms with Crippen LogP contribution in [0.4, 0.5) is 15.8 Å². The standard InChI is InChI=1S/C27H25FN2O/c28-20-9-11-21(12-10-20)29-27(31)19-8-13-23-22(15-19)24-17-6-7-18(14-17)25(24)26(30-23)16-4-2-1-3-5-16/h1-5,8-13,15,17-18,24-26,30H,6-7,14H2,(H,29,31)/t17-,18-,24-,25+,26+/m0/s1. The molecule has 3 aliphatic rings. The molecule has 1 aliphatic heterocycles. The zero-order chi connectivity index (χ0) is 20.9. The summed E-state index contributed by atoms with van der Waals surface area (Å²) in [5, 5.41) is 6.71. The minimum Gasteiger partial charge on any atom is -0.378 e. The molecule has 0 saturated heterocycles. The summed E-state index contributed by atoms with van der Waals surface area (Å²) in [6.45, 7) is 0. The Morgan fingerprint density at radius 1 is 0.935 bits per heavy atom. The number of fused-ring (bicyclic) bond motifs is 7. The van der Waals surface area contributed by atoms with Crippen LogP contribution in [0.15, 0.2) is 72.8 Å². The second-order valence-electron chi connectivity index (χ2n) is 9.23. The third-order valence-electron chi connectivity index (χ3n) is 7.61. The lowest BCUT2D eigenvalue weighted by Gasteiger charge is -2.43. The molecule has 6 rings (SSSR count). The predicted molar refractivity (Wildman–Crippen MR) is 121 cm³/mol. The number of carbonyl (C=O) groups excluding carboxylic acids is 1. The second kappa shape index (κ2) is 7.23. The molecule has 3 aromatic rings. The lowest BCUT2D eigenvalue weighted by Crippen LogP contribution is -2.35. The molecule has 4 heteroatoms. The molecule has 0 spiro atoms. The number of benzene rings is 3. The Bertz CT molecular complexity index is 1130. The van der Waals surface area contributed by atoms with Crippen molar-refractivity contribution in [2.75, 3.05) is 10.6 Å². The molecule has 2 bridgehead atoms. The van der Waals surface area contributed by atoms with Crippen LogP contribution in [0, 0.1) is 23.6 Å². The highest BCUT2D eigenvalue weighted by Crippen LogP contribution is 2.63. The van der Waals surface area contributed by atoms with Crippen molar-refractivity contribution in [1.29, 1.82) is 0 Å². The van der Waals surface area contributed by atoms with Gasteiger partial charge in [0, 0.05) is 16.9 Å². The minimum atomic E-state index is -0.312. The monoisotopic (exact) mass is 412 g/mol. The fraction of sp³-hybridized carbons (Fsp3) is 0.296. The first-order chi connectivity index (χ1) is 15.2. The van der Waals surface area contributed by atoms with Gasteiger partial charge in [0.1, 0.15) is 5.82 Å². The summed E-state index contributed by atoms with van der Waals surface area (Å²) in [7, 11) is 0. The highest BCUT2D eigenvalue weighted by atomic mass is 19.1. The van der Waals surface area contributed by atoms with E-state index in [1.807, 2.05) is 6.07 Å². The SMILES string of the molecule is O=C(Nc1ccc(F)cc1)c1ccc2c(c1)[C@@H]1[C@H]3CC[C@@H](C3)[C@H]1[C@@H](c1ccccc1)N2. The maximum Gasteiger partial charge on any atom is 0.255 e. The van der Waals surface area contributed by atoms with Gasteiger partial charge in [0.25, 0.3) is 5.91 Å². The lowest BCUT2D eigenvalue weighted by molar-refractivity contribution is 0.102. The third-order valence-corrected chi connectivity index (χ3v) is 7.61. The van der Waals surface area contributed by atoms with Gasteiger partial charge >= 0.3 is 0 Å². The Hall–Kier alpha value is -3.14. The Morgan fingerprint density at radius 3 is 2.52 bits per heavy atom. The lowest BCUT2D eigenvalue weighted by atomic mass is 9.68. The zero-order valence-electron chi connectivity index (χ0n) is 17.2. The summed E-state index contributed by atoms with van der Waals surface area (Å²) in [6.07, 6.45) is 3.90. The van der Waals surface area contributed by atoms with Crippen molar-refractivity contribution in [3.63, 3.8) is 0 Å². The van der Waals surface area contributed by atoms with Crippen LogP contribution in [0.3, 0.4) is 0 Å². The first-order valence-electron chi connectivity index (χ1n) is 11.2. The van der Waals surface area contributed by atoms with E-state index >= 15 is 0 Å². The Balaban J connectivity index is 1.34. The molecule has 2 aliphatic carbocycles. The van der Waals surface area contributed by atoms with Crippen LogP contribution in [-0.2, 0) is 0 Å². The van der Waals surface area contributed by atoms with Crippen LogP contribution in [0.1, 0.15) is 52.7 Å². The molecule has 31 heavy (non-hydrogen) atoms. The van der Waals surface area contributed by atoms with Gasteiger partial charge < -0.3 is 10.6 Å². The van der Waals surface area contributed by atoms with E-state index in [9.17, 15) is 9.18 Å². The summed E-state index contributed by atoms with van der Waals surface area (Å²) in [6, 6.07) is 23.0. The minimum absolute atomic E-state index is 0.153. The molecule has 0 unspecified atom stereocenters. The van der Waals surface area contributed by atoms with Crippen molar-refractivity contribution < 1.29 is 9.18 Å². The fourth-order valence-electron chi connectivity index (χ4n) is 6.35. The Morgan fingerprint density at radius 2 is 1.71 bits per heavy atom. The quantitative estimate of drug-likeness (QED) is 0.524. The average Bonchev–Trinajstić information content (AvgIpc) is 3.43. The highest BCUT2D eigenvalue weighted by Gasteiger charge is 2.53. The van der Waals surface area contributed by atoms with E-state index in [-0.39, 0.29) is 11.7 Å². The van der Waals surface area contributed by atoms with Gasteiger partial charge in [0.15, 0.2) is 0 Å². The van der Waals surface area contributed by atoms with Gasteiger partial charge in [-0.25, -0.2) is 4.39 Å². The number of nitrogens with one attached hydrogen (secondary N) is 2. The van der Waals surface area contributed by atoms with Crippen LogP contribution in [-0.4, -0.2) is 5.91 Å². The van der Waals surface area contributed by atoms with Crippen molar-refractivity contribution in [3.05, 3.63) is 95.3 Å². The first kappa shape index (κ1) is 18.6. The van der Waals surface area contributed by atoms with Gasteiger partial charge in [-0.3, -0.25) is 4.79 Å². The second-order valence-corrected chi connectivity index (χ2v) is 9.23. The molecule has 0 aromatic heterocycles. The van der Waals surface area contributed by atoms with Gasteiger partial charge in [-0.1, -0.05) is 30.3 Å². The summed E-state index contributed by atoms with van der Waals surface area (Å²) in [4.78, 5) is 12.9. The van der Waals surface area contributed by atoms with Crippen molar-refractivity contribution in [1.82, 2.24) is 0 Å². The molecular weight excluding hydrogens is 387 g/mol. The number of hydrogen-bond acceptors (Lipinski definition) is 2. The van der Waals surface area contributed by atoms with Gasteiger partial charge in [0.2, 0.25) is 0 Å². The summed E-state index contributed by atoms with van der Waals surface area (Å²) in [5.41, 5.74) is 5.06. The van der Waals surface area contributed by atoms with E-state index in [1.165, 1.54) is 42.5 Å². The van der Waals surface area contributed by atoms with E-state index in [2.05, 4.69) is 53.1 Å². The molecule has 2 fully saturated rings. The number of rotatable bonds is 3. The molecular formula is C27H25FN2O. The molecule has 1 heterocycles. The largest absolute Gasteiger partial charge is 0.378 e. The maximum atomic E-state index is 13.2. The van der Waals surface area contributed by atoms with Crippen molar-refractivity contribution in [2.45, 2.75) is 31.2 Å². The number of anilines is 2. The topological polar surface area (TPSA) is 41.1 Å². The first-order valence-corrected chi connectivity index (χ1v) is 11.2. The van der Waals surface area contributed by atoms with Crippen molar-refractivity contribution >= 4 is 17.3 Å². The normalized spacial score (nSPS) is 27.8. The molecule has 0 radical (unpaired) electrons. The molecule has 2 N–H and O–H groups in total. The van der Waals surface area contributed by atoms with E-state index in [0.717, 1.165) is 11.6 Å². The number of carbonyl (C=O) groups is 1. The van der Waals surface area contributed by atoms with Crippen molar-refractivity contribution in [3.8, 4) is 0 Å². The number of hydrogen-bond donors (Lipinski definition) is 2. The highest BCUT2D eigenvalue weighted by molar-refractivity contribution is 6.04. The van der Waals surface area contributed by atoms with E-state index < -0.39 is 0 Å². The number of halogens is 1. The predicted octanol–water partition coefficient (Wildman–Crippen LogP) is 6.37. The van der Waals surface area contributed by atoms with E-state index in [4.69, 9.17) is 0 Å². The summed E-state index contributed by atoms with van der Waals surface area (Å²) < 4.78 is 13.2. The summed E-state index contributed by atoms with van der Waals surface area (Å²) in [5.74, 6) is 2.06. The maximum absolute atomic E-state index is 13.2. The van der Waals surface area contributed by atoms with Gasteiger partial charge in [0.05, 0.1) is 6.04 Å². The molecule has 3 nitrogen and oxygen atoms in total. The number of amides is 1. The zero-order valence-corrected chi connectivity index (χ0v) is 17.2. The van der Waals surface area contributed by atoms with Gasteiger partial charge in [-0.15, -0.1) is 0 Å². The molecule has 2 saturated carbocycles. The smallest absolute Gasteiger partial charge is 0.255 e. The molecule has 156 valence electrons. The van der Waals surface area contributed by atoms with Crippen LogP contribution in [0.5, 0.6) is 0 Å².